The van der Waals surface area contributed by atoms with Crippen molar-refractivity contribution in [1.82, 2.24) is 0 Å². The zero-order valence-corrected chi connectivity index (χ0v) is 14.2. The molecule has 0 unspecified atom stereocenters. The van der Waals surface area contributed by atoms with E-state index in [2.05, 4.69) is 0 Å². The van der Waals surface area contributed by atoms with Gasteiger partial charge in [0.1, 0.15) is 0 Å². The molecule has 0 spiro atoms. The summed E-state index contributed by atoms with van der Waals surface area (Å²) in [6, 6.07) is 8.39. The van der Waals surface area contributed by atoms with E-state index in [4.69, 9.17) is 0 Å². The van der Waals surface area contributed by atoms with E-state index in [1.54, 1.807) is 0 Å². The van der Waals surface area contributed by atoms with Gasteiger partial charge in [0.05, 0.1) is 11.3 Å². The molecule has 0 saturated heterocycles. The van der Waals surface area contributed by atoms with Gasteiger partial charge in [-0.2, -0.15) is 39.5 Å². The smallest absolute Gasteiger partial charge is 0.324 e. The molecule has 29 heavy (non-hydrogen) atoms. The first-order chi connectivity index (χ1) is 13.2. The van der Waals surface area contributed by atoms with E-state index in [0.29, 0.717) is 12.1 Å². The molecular formula is C18H12F9NO. The number of para-hydroxylation sites is 1. The lowest BCUT2D eigenvalue weighted by Crippen LogP contribution is -2.59. The number of rotatable bonds is 4. The van der Waals surface area contributed by atoms with Gasteiger partial charge in [-0.1, -0.05) is 42.5 Å². The van der Waals surface area contributed by atoms with E-state index in [-0.39, 0.29) is 0 Å². The van der Waals surface area contributed by atoms with E-state index >= 15 is 0 Å². The lowest BCUT2D eigenvalue weighted by Gasteiger charge is -2.36. The Balaban J connectivity index is 2.59. The Labute approximate surface area is 158 Å². The maximum absolute atomic E-state index is 13.6. The number of amides is 1. The summed E-state index contributed by atoms with van der Waals surface area (Å²) in [5.74, 6) is -2.65. The third-order valence-electron chi connectivity index (χ3n) is 4.15. The molecule has 0 radical (unpaired) electrons. The second-order valence-electron chi connectivity index (χ2n) is 6.06. The molecule has 0 heterocycles. The Hall–Kier alpha value is -2.72. The van der Waals surface area contributed by atoms with Gasteiger partial charge < -0.3 is 5.32 Å². The molecular weight excluding hydrogens is 417 g/mol. The SMILES string of the molecule is O=C(Nc1ccccc1C(F)(F)F)C(Cc1ccccc1)(C(F)(F)F)C(F)(F)F. The minimum atomic E-state index is -6.14. The second-order valence-corrected chi connectivity index (χ2v) is 6.06. The van der Waals surface area contributed by atoms with Crippen LogP contribution in [0.1, 0.15) is 11.1 Å². The van der Waals surface area contributed by atoms with Crippen LogP contribution in [0, 0.1) is 5.41 Å². The predicted molar refractivity (Wildman–Crippen MR) is 84.8 cm³/mol. The van der Waals surface area contributed by atoms with Crippen molar-refractivity contribution in [3.8, 4) is 0 Å². The van der Waals surface area contributed by atoms with Gasteiger partial charge in [-0.3, -0.25) is 4.79 Å². The van der Waals surface area contributed by atoms with Gasteiger partial charge in [-0.25, -0.2) is 0 Å². The van der Waals surface area contributed by atoms with Crippen LogP contribution in [0.5, 0.6) is 0 Å². The largest absolute Gasteiger partial charge is 0.418 e. The van der Waals surface area contributed by atoms with Crippen LogP contribution in [0.4, 0.5) is 45.2 Å². The molecule has 0 aliphatic rings. The van der Waals surface area contributed by atoms with Crippen molar-refractivity contribution < 1.29 is 44.3 Å². The van der Waals surface area contributed by atoms with Gasteiger partial charge in [-0.15, -0.1) is 0 Å². The van der Waals surface area contributed by atoms with Gasteiger partial charge in [0.25, 0.3) is 0 Å². The number of halogens is 9. The summed E-state index contributed by atoms with van der Waals surface area (Å²) in [6.45, 7) is 0. The van der Waals surface area contributed by atoms with Crippen LogP contribution in [0.15, 0.2) is 54.6 Å². The minimum absolute atomic E-state index is 0.426. The molecule has 0 aromatic heterocycles. The molecule has 0 aliphatic heterocycles. The van der Waals surface area contributed by atoms with Crippen LogP contribution in [0.25, 0.3) is 0 Å². The Morgan fingerprint density at radius 1 is 0.724 bits per heavy atom. The molecule has 2 nitrogen and oxygen atoms in total. The molecule has 1 amide bonds. The highest BCUT2D eigenvalue weighted by atomic mass is 19.4. The highest BCUT2D eigenvalue weighted by Crippen LogP contribution is 2.53. The fourth-order valence-corrected chi connectivity index (χ4v) is 2.67. The van der Waals surface area contributed by atoms with Crippen molar-refractivity contribution in [2.45, 2.75) is 24.9 Å². The van der Waals surface area contributed by atoms with Crippen LogP contribution < -0.4 is 5.32 Å². The first-order valence-electron chi connectivity index (χ1n) is 7.85. The number of nitrogens with one attached hydrogen (secondary N) is 1. The van der Waals surface area contributed by atoms with Crippen molar-refractivity contribution >= 4 is 11.6 Å². The lowest BCUT2D eigenvalue weighted by molar-refractivity contribution is -0.323. The molecule has 0 saturated carbocycles. The fourth-order valence-electron chi connectivity index (χ4n) is 2.67. The molecule has 158 valence electrons. The van der Waals surface area contributed by atoms with E-state index in [9.17, 15) is 44.3 Å². The van der Waals surface area contributed by atoms with E-state index < -0.39 is 53.1 Å². The van der Waals surface area contributed by atoms with Gasteiger partial charge in [0, 0.05) is 6.42 Å². The number of carbonyl (C=O) groups excluding carboxylic acids is 1. The number of benzene rings is 2. The third-order valence-corrected chi connectivity index (χ3v) is 4.15. The molecule has 0 atom stereocenters. The van der Waals surface area contributed by atoms with E-state index in [0.717, 1.165) is 24.3 Å². The van der Waals surface area contributed by atoms with Crippen LogP contribution in [0.3, 0.4) is 0 Å². The summed E-state index contributed by atoms with van der Waals surface area (Å²) in [7, 11) is 0. The summed E-state index contributed by atoms with van der Waals surface area (Å²) < 4.78 is 121. The van der Waals surface area contributed by atoms with Crippen molar-refractivity contribution in [2.75, 3.05) is 5.32 Å². The number of alkyl halides is 9. The average Bonchev–Trinajstić information content (AvgIpc) is 2.57. The van der Waals surface area contributed by atoms with Crippen molar-refractivity contribution in [3.05, 3.63) is 65.7 Å². The minimum Gasteiger partial charge on any atom is -0.324 e. The van der Waals surface area contributed by atoms with E-state index in [1.165, 1.54) is 23.5 Å². The highest BCUT2D eigenvalue weighted by molar-refractivity contribution is 5.97. The van der Waals surface area contributed by atoms with Gasteiger partial charge in [0.2, 0.25) is 11.3 Å². The first-order valence-corrected chi connectivity index (χ1v) is 7.85. The van der Waals surface area contributed by atoms with Crippen LogP contribution in [0.2, 0.25) is 0 Å². The van der Waals surface area contributed by atoms with Gasteiger partial charge >= 0.3 is 18.5 Å². The summed E-state index contributed by atoms with van der Waals surface area (Å²) in [6.07, 6.45) is -19.2. The summed E-state index contributed by atoms with van der Waals surface area (Å²) in [4.78, 5) is 12.3. The van der Waals surface area contributed by atoms with Crippen molar-refractivity contribution in [3.63, 3.8) is 0 Å². The Kier molecular flexibility index (Phi) is 5.91. The van der Waals surface area contributed by atoms with Crippen LogP contribution in [-0.4, -0.2) is 18.3 Å². The van der Waals surface area contributed by atoms with Gasteiger partial charge in [-0.05, 0) is 17.7 Å². The van der Waals surface area contributed by atoms with Crippen molar-refractivity contribution in [2.24, 2.45) is 5.41 Å². The Morgan fingerprint density at radius 2 is 1.21 bits per heavy atom. The quantitative estimate of drug-likeness (QED) is 0.594. The average molecular weight is 429 g/mol. The number of hydrogen-bond donors (Lipinski definition) is 1. The highest BCUT2D eigenvalue weighted by Gasteiger charge is 2.75. The molecule has 2 aromatic carbocycles. The third kappa shape index (κ3) is 4.48. The van der Waals surface area contributed by atoms with Gasteiger partial charge in [0.15, 0.2) is 0 Å². The fraction of sp³-hybridized carbons (Fsp3) is 0.278. The van der Waals surface area contributed by atoms with Crippen LogP contribution in [-0.2, 0) is 17.4 Å². The number of carbonyl (C=O) groups is 1. The Morgan fingerprint density at radius 3 is 1.69 bits per heavy atom. The van der Waals surface area contributed by atoms with Crippen molar-refractivity contribution in [1.29, 1.82) is 0 Å². The molecule has 0 fully saturated rings. The Bertz CT molecular complexity index is 840. The summed E-state index contributed by atoms with van der Waals surface area (Å²) in [5, 5.41) is 1.19. The summed E-state index contributed by atoms with van der Waals surface area (Å²) in [5.41, 5.74) is -8.22. The number of hydrogen-bond acceptors (Lipinski definition) is 1. The molecule has 11 heteroatoms. The first kappa shape index (κ1) is 22.6. The second kappa shape index (κ2) is 7.60. The monoisotopic (exact) mass is 429 g/mol. The summed E-state index contributed by atoms with van der Waals surface area (Å²) >= 11 is 0. The zero-order valence-electron chi connectivity index (χ0n) is 14.2. The molecule has 2 aromatic rings. The predicted octanol–water partition coefficient (Wildman–Crippen LogP) is 6.00. The lowest BCUT2D eigenvalue weighted by atomic mass is 9.78. The number of anilines is 1. The maximum Gasteiger partial charge on any atom is 0.418 e. The topological polar surface area (TPSA) is 29.1 Å². The normalized spacial score (nSPS) is 13.3. The molecule has 0 bridgehead atoms. The standard InChI is InChI=1S/C18H12F9NO/c19-16(20,21)12-8-4-5-9-13(12)28-14(29)15(17(22,23)24,18(25,26)27)10-11-6-2-1-3-7-11/h1-9H,10H2,(H,28,29). The van der Waals surface area contributed by atoms with E-state index in [1.807, 2.05) is 0 Å². The van der Waals surface area contributed by atoms with Crippen LogP contribution >= 0.6 is 0 Å². The maximum atomic E-state index is 13.6. The zero-order chi connectivity index (χ0) is 22.1. The molecule has 2 rings (SSSR count). The molecule has 1 N–H and O–H groups in total. The molecule has 0 aliphatic carbocycles.